The van der Waals surface area contributed by atoms with E-state index in [9.17, 15) is 5.11 Å². The monoisotopic (exact) mass is 237 g/mol. The number of hydrogen-bond donors (Lipinski definition) is 1. The van der Waals surface area contributed by atoms with Crippen LogP contribution in [-0.4, -0.2) is 10.1 Å². The maximum atomic E-state index is 9.41. The van der Waals surface area contributed by atoms with Crippen LogP contribution in [0.25, 0.3) is 0 Å². The molecular formula is C8H6Cl3NO. The van der Waals surface area contributed by atoms with Gasteiger partial charge in [0.05, 0.1) is 5.02 Å². The average Bonchev–Trinajstić information content (AvgIpc) is 2.02. The lowest BCUT2D eigenvalue weighted by Gasteiger charge is -2.09. The summed E-state index contributed by atoms with van der Waals surface area (Å²) >= 11 is 17.1. The summed E-state index contributed by atoms with van der Waals surface area (Å²) in [4.78, 5) is 3.74. The van der Waals surface area contributed by atoms with E-state index in [1.165, 1.54) is 12.1 Å². The molecule has 0 amide bonds. The highest BCUT2D eigenvalue weighted by atomic mass is 35.5. The van der Waals surface area contributed by atoms with Crippen LogP contribution >= 0.6 is 34.8 Å². The molecule has 0 spiro atoms. The Hall–Kier alpha value is -0.280. The maximum Gasteiger partial charge on any atom is 0.138 e. The molecule has 0 saturated carbocycles. The zero-order valence-corrected chi connectivity index (χ0v) is 8.74. The highest BCUT2D eigenvalue weighted by Gasteiger charge is 2.14. The molecule has 5 heteroatoms. The normalized spacial score (nSPS) is 12.6. The smallest absolute Gasteiger partial charge is 0.138 e. The first-order valence-corrected chi connectivity index (χ1v) is 4.51. The van der Waals surface area contributed by atoms with Crippen LogP contribution < -0.4 is 0 Å². The Labute approximate surface area is 90.8 Å². The Kier molecular flexibility index (Phi) is 3.56. The molecule has 13 heavy (non-hydrogen) atoms. The minimum absolute atomic E-state index is 0.0879. The molecule has 1 atom stereocenters. The summed E-state index contributed by atoms with van der Waals surface area (Å²) < 4.78 is 0. The molecule has 0 aromatic carbocycles. The zero-order valence-electron chi connectivity index (χ0n) is 6.47. The topological polar surface area (TPSA) is 33.1 Å². The molecule has 1 N–H and O–H groups in total. The molecule has 0 saturated heterocycles. The van der Waals surface area contributed by atoms with Crippen LogP contribution in [0.2, 0.25) is 15.3 Å². The van der Waals surface area contributed by atoms with Crippen LogP contribution in [0, 0.1) is 0 Å². The van der Waals surface area contributed by atoms with E-state index in [1.807, 2.05) is 0 Å². The molecule has 1 heterocycles. The molecule has 0 aliphatic rings. The van der Waals surface area contributed by atoms with E-state index >= 15 is 0 Å². The van der Waals surface area contributed by atoms with Crippen LogP contribution in [0.5, 0.6) is 0 Å². The highest BCUT2D eigenvalue weighted by molar-refractivity contribution is 6.37. The van der Waals surface area contributed by atoms with Gasteiger partial charge in [-0.05, 0) is 6.07 Å². The highest BCUT2D eigenvalue weighted by Crippen LogP contribution is 2.31. The fraction of sp³-hybridized carbons (Fsp3) is 0.125. The Balaban J connectivity index is 3.28. The fourth-order valence-electron chi connectivity index (χ4n) is 0.848. The van der Waals surface area contributed by atoms with Gasteiger partial charge in [0.1, 0.15) is 16.4 Å². The van der Waals surface area contributed by atoms with Gasteiger partial charge in [-0.15, -0.1) is 6.58 Å². The molecule has 2 nitrogen and oxygen atoms in total. The number of nitrogens with zero attached hydrogens (tertiary/aromatic N) is 1. The number of aliphatic hydroxyl groups is 1. The van der Waals surface area contributed by atoms with Gasteiger partial charge in [-0.2, -0.15) is 0 Å². The third-order valence-electron chi connectivity index (χ3n) is 1.45. The van der Waals surface area contributed by atoms with Gasteiger partial charge in [-0.3, -0.25) is 0 Å². The fourth-order valence-corrected chi connectivity index (χ4v) is 1.80. The minimum atomic E-state index is -0.926. The van der Waals surface area contributed by atoms with Crippen LogP contribution in [0.4, 0.5) is 0 Å². The number of aliphatic hydroxyl groups excluding tert-OH is 1. The van der Waals surface area contributed by atoms with Gasteiger partial charge in [-0.25, -0.2) is 4.98 Å². The largest absolute Gasteiger partial charge is 0.384 e. The van der Waals surface area contributed by atoms with Crippen molar-refractivity contribution in [1.29, 1.82) is 0 Å². The van der Waals surface area contributed by atoms with E-state index in [-0.39, 0.29) is 15.3 Å². The summed E-state index contributed by atoms with van der Waals surface area (Å²) in [7, 11) is 0. The lowest BCUT2D eigenvalue weighted by molar-refractivity contribution is 0.229. The zero-order chi connectivity index (χ0) is 10.0. The van der Waals surface area contributed by atoms with E-state index in [4.69, 9.17) is 34.8 Å². The minimum Gasteiger partial charge on any atom is -0.384 e. The molecule has 0 bridgehead atoms. The second-order valence-electron chi connectivity index (χ2n) is 2.31. The van der Waals surface area contributed by atoms with Crippen molar-refractivity contribution in [2.24, 2.45) is 0 Å². The summed E-state index contributed by atoms with van der Waals surface area (Å²) in [5.41, 5.74) is 0.322. The Bertz CT molecular complexity index is 317. The summed E-state index contributed by atoms with van der Waals surface area (Å²) in [5, 5.41) is 9.96. The number of aromatic nitrogens is 1. The van der Waals surface area contributed by atoms with Gasteiger partial charge >= 0.3 is 0 Å². The molecule has 0 aliphatic carbocycles. The lowest BCUT2D eigenvalue weighted by atomic mass is 10.1. The van der Waals surface area contributed by atoms with Crippen molar-refractivity contribution in [1.82, 2.24) is 4.98 Å². The van der Waals surface area contributed by atoms with Crippen molar-refractivity contribution >= 4 is 34.8 Å². The van der Waals surface area contributed by atoms with Crippen molar-refractivity contribution in [3.05, 3.63) is 39.6 Å². The van der Waals surface area contributed by atoms with E-state index < -0.39 is 6.10 Å². The Morgan fingerprint density at radius 3 is 2.54 bits per heavy atom. The van der Waals surface area contributed by atoms with E-state index in [1.54, 1.807) is 0 Å². The van der Waals surface area contributed by atoms with Crippen molar-refractivity contribution in [3.63, 3.8) is 0 Å². The van der Waals surface area contributed by atoms with Gasteiger partial charge in [0.15, 0.2) is 0 Å². The van der Waals surface area contributed by atoms with E-state index in [0.717, 1.165) is 0 Å². The van der Waals surface area contributed by atoms with Crippen LogP contribution in [0.15, 0.2) is 18.7 Å². The van der Waals surface area contributed by atoms with Crippen molar-refractivity contribution in [2.45, 2.75) is 6.10 Å². The van der Waals surface area contributed by atoms with Crippen LogP contribution in [-0.2, 0) is 0 Å². The predicted octanol–water partition coefficient (Wildman–Crippen LogP) is 3.26. The number of hydrogen-bond acceptors (Lipinski definition) is 2. The van der Waals surface area contributed by atoms with Gasteiger partial charge in [-0.1, -0.05) is 40.9 Å². The summed E-state index contributed by atoms with van der Waals surface area (Å²) in [6, 6.07) is 1.41. The predicted molar refractivity (Wildman–Crippen MR) is 54.4 cm³/mol. The molecular weight excluding hydrogens is 232 g/mol. The third-order valence-corrected chi connectivity index (χ3v) is 2.24. The van der Waals surface area contributed by atoms with Crippen LogP contribution in [0.1, 0.15) is 11.7 Å². The van der Waals surface area contributed by atoms with E-state index in [2.05, 4.69) is 11.6 Å². The van der Waals surface area contributed by atoms with Crippen LogP contribution in [0.3, 0.4) is 0 Å². The number of pyridine rings is 1. The van der Waals surface area contributed by atoms with Gasteiger partial charge < -0.3 is 5.11 Å². The van der Waals surface area contributed by atoms with Gasteiger partial charge in [0.25, 0.3) is 0 Å². The Morgan fingerprint density at radius 2 is 2.08 bits per heavy atom. The summed E-state index contributed by atoms with van der Waals surface area (Å²) in [5.74, 6) is 0. The van der Waals surface area contributed by atoms with E-state index in [0.29, 0.717) is 5.56 Å². The van der Waals surface area contributed by atoms with Crippen molar-refractivity contribution < 1.29 is 5.11 Å². The molecule has 0 fully saturated rings. The first-order valence-electron chi connectivity index (χ1n) is 3.38. The third kappa shape index (κ3) is 2.35. The van der Waals surface area contributed by atoms with Gasteiger partial charge in [0, 0.05) is 5.56 Å². The lowest BCUT2D eigenvalue weighted by Crippen LogP contribution is -1.97. The maximum absolute atomic E-state index is 9.41. The first-order chi connectivity index (χ1) is 6.06. The average molecular weight is 239 g/mol. The Morgan fingerprint density at radius 1 is 1.46 bits per heavy atom. The SMILES string of the molecule is C=C[C@@H](O)c1c(Cl)cc(Cl)nc1Cl. The molecule has 0 aliphatic heterocycles. The van der Waals surface area contributed by atoms with Gasteiger partial charge in [0.2, 0.25) is 0 Å². The second-order valence-corrected chi connectivity index (χ2v) is 3.46. The quantitative estimate of drug-likeness (QED) is 0.634. The number of halogens is 3. The molecule has 1 rings (SSSR count). The molecule has 1 aromatic heterocycles. The molecule has 0 radical (unpaired) electrons. The molecule has 70 valence electrons. The van der Waals surface area contributed by atoms with Crippen molar-refractivity contribution in [3.8, 4) is 0 Å². The standard InChI is InChI=1S/C8H6Cl3NO/c1-2-5(13)7-4(9)3-6(10)12-8(7)11/h2-3,5,13H,1H2/t5-/m1/s1. The van der Waals surface area contributed by atoms with Crippen molar-refractivity contribution in [2.75, 3.05) is 0 Å². The first kappa shape index (κ1) is 10.8. The molecule has 0 unspecified atom stereocenters. The number of rotatable bonds is 2. The summed E-state index contributed by atoms with van der Waals surface area (Å²) in [6.07, 6.45) is 0.382. The summed E-state index contributed by atoms with van der Waals surface area (Å²) in [6.45, 7) is 3.41. The second kappa shape index (κ2) is 4.29. The molecule has 1 aromatic rings.